The van der Waals surface area contributed by atoms with E-state index in [4.69, 9.17) is 10.5 Å². The van der Waals surface area contributed by atoms with E-state index in [9.17, 15) is 15.2 Å². The standard InChI is InChI=1S/C10H15N3O4.ClH/c1-12-9-4-8(17-6-7(14)5-11)2-3-10(9)13(15)16;/h2-4,7,12,14H,5-6,11H2,1H3;1H. The summed E-state index contributed by atoms with van der Waals surface area (Å²) >= 11 is 0. The molecule has 0 aliphatic heterocycles. The summed E-state index contributed by atoms with van der Waals surface area (Å²) in [4.78, 5) is 10.2. The number of nitrogens with zero attached hydrogens (tertiary/aromatic N) is 1. The summed E-state index contributed by atoms with van der Waals surface area (Å²) in [6.07, 6.45) is -0.747. The van der Waals surface area contributed by atoms with Crippen LogP contribution in [0.25, 0.3) is 0 Å². The van der Waals surface area contributed by atoms with Gasteiger partial charge in [0.2, 0.25) is 0 Å². The van der Waals surface area contributed by atoms with Crippen LogP contribution in [-0.2, 0) is 0 Å². The lowest BCUT2D eigenvalue weighted by atomic mass is 10.2. The average Bonchev–Trinajstić information content (AvgIpc) is 2.35. The molecule has 0 saturated carbocycles. The van der Waals surface area contributed by atoms with Crippen molar-refractivity contribution in [1.82, 2.24) is 0 Å². The fourth-order valence-electron chi connectivity index (χ4n) is 1.22. The summed E-state index contributed by atoms with van der Waals surface area (Å²) in [6.45, 7) is 0.156. The Morgan fingerprint density at radius 1 is 1.61 bits per heavy atom. The van der Waals surface area contributed by atoms with Crippen LogP contribution in [0.15, 0.2) is 18.2 Å². The molecule has 0 aromatic heterocycles. The highest BCUT2D eigenvalue weighted by Gasteiger charge is 2.13. The first kappa shape index (κ1) is 16.4. The van der Waals surface area contributed by atoms with Crippen LogP contribution in [0.3, 0.4) is 0 Å². The molecule has 0 aliphatic carbocycles. The van der Waals surface area contributed by atoms with Crippen LogP contribution in [-0.4, -0.2) is 36.3 Å². The zero-order valence-electron chi connectivity index (χ0n) is 9.83. The van der Waals surface area contributed by atoms with Gasteiger partial charge in [-0.05, 0) is 6.07 Å². The summed E-state index contributed by atoms with van der Waals surface area (Å²) in [7, 11) is 1.58. The third-order valence-corrected chi connectivity index (χ3v) is 2.15. The van der Waals surface area contributed by atoms with Crippen molar-refractivity contribution in [2.75, 3.05) is 25.5 Å². The minimum atomic E-state index is -0.747. The van der Waals surface area contributed by atoms with Crippen LogP contribution in [0.2, 0.25) is 0 Å². The van der Waals surface area contributed by atoms with Crippen molar-refractivity contribution in [3.05, 3.63) is 28.3 Å². The van der Waals surface area contributed by atoms with Gasteiger partial charge >= 0.3 is 0 Å². The predicted octanol–water partition coefficient (Wildman–Crippen LogP) is 0.757. The molecule has 0 radical (unpaired) electrons. The zero-order valence-corrected chi connectivity index (χ0v) is 10.6. The van der Waals surface area contributed by atoms with Crippen LogP contribution in [0.5, 0.6) is 5.75 Å². The smallest absolute Gasteiger partial charge is 0.292 e. The third kappa shape index (κ3) is 4.36. The molecule has 0 amide bonds. The third-order valence-electron chi connectivity index (χ3n) is 2.15. The lowest BCUT2D eigenvalue weighted by molar-refractivity contribution is -0.384. The largest absolute Gasteiger partial charge is 0.491 e. The molecular formula is C10H16ClN3O4. The van der Waals surface area contributed by atoms with Gasteiger partial charge < -0.3 is 20.9 Å². The number of nitro groups is 1. The van der Waals surface area contributed by atoms with Gasteiger partial charge in [0.15, 0.2) is 0 Å². The van der Waals surface area contributed by atoms with E-state index >= 15 is 0 Å². The van der Waals surface area contributed by atoms with Crippen molar-refractivity contribution in [3.63, 3.8) is 0 Å². The van der Waals surface area contributed by atoms with E-state index in [1.165, 1.54) is 18.2 Å². The van der Waals surface area contributed by atoms with Gasteiger partial charge in [0.05, 0.1) is 4.92 Å². The molecule has 4 N–H and O–H groups in total. The highest BCUT2D eigenvalue weighted by atomic mass is 35.5. The number of anilines is 1. The first-order valence-corrected chi connectivity index (χ1v) is 5.05. The molecule has 8 heteroatoms. The number of nitrogens with one attached hydrogen (secondary N) is 1. The maximum absolute atomic E-state index is 10.7. The number of aliphatic hydroxyl groups is 1. The number of nitro benzene ring substituents is 1. The van der Waals surface area contributed by atoms with Crippen LogP contribution < -0.4 is 15.8 Å². The van der Waals surface area contributed by atoms with Gasteiger partial charge in [0.1, 0.15) is 24.1 Å². The summed E-state index contributed by atoms with van der Waals surface area (Å²) < 4.78 is 5.24. The maximum Gasteiger partial charge on any atom is 0.292 e. The molecule has 1 atom stereocenters. The normalized spacial score (nSPS) is 11.3. The fraction of sp³-hybridized carbons (Fsp3) is 0.400. The van der Waals surface area contributed by atoms with Crippen LogP contribution in [0.1, 0.15) is 0 Å². The van der Waals surface area contributed by atoms with E-state index in [0.29, 0.717) is 11.4 Å². The van der Waals surface area contributed by atoms with Crippen LogP contribution in [0.4, 0.5) is 11.4 Å². The first-order chi connectivity index (χ1) is 8.08. The molecule has 0 fully saturated rings. The molecule has 0 bridgehead atoms. The lowest BCUT2D eigenvalue weighted by Gasteiger charge is -2.11. The number of hydrogen-bond acceptors (Lipinski definition) is 6. The molecule has 18 heavy (non-hydrogen) atoms. The molecule has 1 aromatic rings. The second kappa shape index (κ2) is 7.70. The number of benzene rings is 1. The van der Waals surface area contributed by atoms with Gasteiger partial charge in [0.25, 0.3) is 5.69 Å². The molecule has 1 rings (SSSR count). The predicted molar refractivity (Wildman–Crippen MR) is 70.4 cm³/mol. The van der Waals surface area contributed by atoms with Gasteiger partial charge in [-0.2, -0.15) is 0 Å². The van der Waals surface area contributed by atoms with Crippen molar-refractivity contribution in [2.45, 2.75) is 6.10 Å². The Morgan fingerprint density at radius 2 is 2.28 bits per heavy atom. The van der Waals surface area contributed by atoms with Crippen molar-refractivity contribution in [2.24, 2.45) is 5.73 Å². The summed E-state index contributed by atoms with van der Waals surface area (Å²) in [6, 6.07) is 4.32. The SMILES string of the molecule is CNc1cc(OCC(O)CN)ccc1[N+](=O)[O-].Cl. The van der Waals surface area contributed by atoms with Crippen molar-refractivity contribution < 1.29 is 14.8 Å². The van der Waals surface area contributed by atoms with Crippen molar-refractivity contribution in [3.8, 4) is 5.75 Å². The fourth-order valence-corrected chi connectivity index (χ4v) is 1.22. The maximum atomic E-state index is 10.7. The molecule has 1 unspecified atom stereocenters. The minimum Gasteiger partial charge on any atom is -0.491 e. The van der Waals surface area contributed by atoms with E-state index in [2.05, 4.69) is 5.32 Å². The molecular weight excluding hydrogens is 262 g/mol. The van der Waals surface area contributed by atoms with E-state index in [0.717, 1.165) is 0 Å². The number of ether oxygens (including phenoxy) is 1. The van der Waals surface area contributed by atoms with Gasteiger partial charge in [0, 0.05) is 25.7 Å². The van der Waals surface area contributed by atoms with Crippen molar-refractivity contribution >= 4 is 23.8 Å². The Balaban J connectivity index is 0.00000289. The van der Waals surface area contributed by atoms with Crippen molar-refractivity contribution in [1.29, 1.82) is 0 Å². The molecule has 0 aliphatic rings. The van der Waals surface area contributed by atoms with Gasteiger partial charge in [-0.3, -0.25) is 10.1 Å². The zero-order chi connectivity index (χ0) is 12.8. The Bertz CT molecular complexity index is 403. The van der Waals surface area contributed by atoms with Gasteiger partial charge in [-0.25, -0.2) is 0 Å². The topological polar surface area (TPSA) is 111 Å². The van der Waals surface area contributed by atoms with E-state index < -0.39 is 11.0 Å². The monoisotopic (exact) mass is 277 g/mol. The van der Waals surface area contributed by atoms with Gasteiger partial charge in [-0.15, -0.1) is 12.4 Å². The molecule has 0 spiro atoms. The Morgan fingerprint density at radius 3 is 2.78 bits per heavy atom. The van der Waals surface area contributed by atoms with E-state index in [1.807, 2.05) is 0 Å². The minimum absolute atomic E-state index is 0. The van der Waals surface area contributed by atoms with Crippen LogP contribution in [0, 0.1) is 10.1 Å². The quantitative estimate of drug-likeness (QED) is 0.523. The van der Waals surface area contributed by atoms with Crippen LogP contribution >= 0.6 is 12.4 Å². The molecule has 102 valence electrons. The van der Waals surface area contributed by atoms with Gasteiger partial charge in [-0.1, -0.05) is 0 Å². The second-order valence-electron chi connectivity index (χ2n) is 3.39. The first-order valence-electron chi connectivity index (χ1n) is 5.05. The summed E-state index contributed by atoms with van der Waals surface area (Å²) in [5.74, 6) is 0.437. The number of rotatable bonds is 6. The molecule has 0 heterocycles. The van der Waals surface area contributed by atoms with E-state index in [-0.39, 0.29) is 31.2 Å². The molecule has 7 nitrogen and oxygen atoms in total. The summed E-state index contributed by atoms with van der Waals surface area (Å²) in [5.41, 5.74) is 5.55. The molecule has 1 aromatic carbocycles. The highest BCUT2D eigenvalue weighted by Crippen LogP contribution is 2.28. The van der Waals surface area contributed by atoms with E-state index in [1.54, 1.807) is 7.05 Å². The number of halogens is 1. The highest BCUT2D eigenvalue weighted by molar-refractivity contribution is 5.85. The number of aliphatic hydroxyl groups excluding tert-OH is 1. The molecule has 0 saturated heterocycles. The average molecular weight is 278 g/mol. The second-order valence-corrected chi connectivity index (χ2v) is 3.39. The Labute approximate surface area is 110 Å². The number of hydrogen-bond donors (Lipinski definition) is 3. The lowest BCUT2D eigenvalue weighted by Crippen LogP contribution is -2.26. The number of nitrogens with two attached hydrogens (primary N) is 1. The summed E-state index contributed by atoms with van der Waals surface area (Å²) in [5, 5.41) is 22.6. The Kier molecular flexibility index (Phi) is 7.03. The Hall–Kier alpha value is -1.57.